The Bertz CT molecular complexity index is 1090. The van der Waals surface area contributed by atoms with Gasteiger partial charge in [0.05, 0.1) is 24.8 Å². The van der Waals surface area contributed by atoms with Gasteiger partial charge in [0.2, 0.25) is 0 Å². The minimum Gasteiger partial charge on any atom is -0.493 e. The number of anilines is 2. The second-order valence-electron chi connectivity index (χ2n) is 7.91. The van der Waals surface area contributed by atoms with Crippen molar-refractivity contribution in [1.29, 1.82) is 0 Å². The molecule has 0 saturated carbocycles. The Morgan fingerprint density at radius 2 is 1.97 bits per heavy atom. The summed E-state index contributed by atoms with van der Waals surface area (Å²) in [6, 6.07) is 8.19. The summed E-state index contributed by atoms with van der Waals surface area (Å²) in [5.74, 6) is 3.69. The minimum absolute atomic E-state index is 0.0444. The summed E-state index contributed by atoms with van der Waals surface area (Å²) in [5.41, 5.74) is 1.56. The van der Waals surface area contributed by atoms with E-state index in [4.69, 9.17) is 15.9 Å². The molecule has 6 heteroatoms. The first kappa shape index (κ1) is 21.4. The zero-order chi connectivity index (χ0) is 21.7. The maximum Gasteiger partial charge on any atom is 0.162 e. The molecule has 0 unspecified atom stereocenters. The summed E-state index contributed by atoms with van der Waals surface area (Å²) in [6.07, 6.45) is 8.97. The van der Waals surface area contributed by atoms with Crippen LogP contribution in [0.1, 0.15) is 39.2 Å². The Labute approximate surface area is 176 Å². The SMILES string of the molecule is C#Cc1cc(Nc2ncnc3cc(OC)c(OCC(C)(C)CCC)cc23)ccc1F. The van der Waals surface area contributed by atoms with E-state index in [0.717, 1.165) is 18.2 Å². The molecule has 0 fully saturated rings. The minimum atomic E-state index is -0.439. The molecule has 1 N–H and O–H groups in total. The van der Waals surface area contributed by atoms with E-state index in [1.807, 2.05) is 12.1 Å². The molecule has 0 spiro atoms. The van der Waals surface area contributed by atoms with Crippen LogP contribution < -0.4 is 14.8 Å². The van der Waals surface area contributed by atoms with Crippen LogP contribution in [0.4, 0.5) is 15.9 Å². The number of terminal acetylenes is 1. The third-order valence-electron chi connectivity index (χ3n) is 4.85. The van der Waals surface area contributed by atoms with Gasteiger partial charge in [-0.3, -0.25) is 0 Å². The normalized spacial score (nSPS) is 11.2. The highest BCUT2D eigenvalue weighted by Crippen LogP contribution is 2.36. The smallest absolute Gasteiger partial charge is 0.162 e. The zero-order valence-electron chi connectivity index (χ0n) is 17.8. The monoisotopic (exact) mass is 407 g/mol. The molecule has 0 radical (unpaired) electrons. The van der Waals surface area contributed by atoms with Crippen LogP contribution >= 0.6 is 0 Å². The molecule has 156 valence electrons. The molecule has 5 nitrogen and oxygen atoms in total. The topological polar surface area (TPSA) is 56.3 Å². The predicted molar refractivity (Wildman–Crippen MR) is 118 cm³/mol. The number of hydrogen-bond acceptors (Lipinski definition) is 5. The lowest BCUT2D eigenvalue weighted by atomic mass is 9.89. The van der Waals surface area contributed by atoms with Gasteiger partial charge >= 0.3 is 0 Å². The van der Waals surface area contributed by atoms with Crippen LogP contribution in [0.3, 0.4) is 0 Å². The molecule has 1 heterocycles. The van der Waals surface area contributed by atoms with Crippen LogP contribution in [-0.2, 0) is 0 Å². The number of aromatic nitrogens is 2. The number of rotatable bonds is 8. The summed E-state index contributed by atoms with van der Waals surface area (Å²) >= 11 is 0. The van der Waals surface area contributed by atoms with Crippen molar-refractivity contribution in [3.05, 3.63) is 48.0 Å². The molecule has 2 aromatic carbocycles. The summed E-state index contributed by atoms with van der Waals surface area (Å²) in [6.45, 7) is 7.08. The fourth-order valence-electron chi connectivity index (χ4n) is 3.31. The highest BCUT2D eigenvalue weighted by atomic mass is 19.1. The number of methoxy groups -OCH3 is 1. The maximum absolute atomic E-state index is 13.7. The van der Waals surface area contributed by atoms with Gasteiger partial charge in [-0.2, -0.15) is 0 Å². The van der Waals surface area contributed by atoms with Crippen molar-refractivity contribution in [3.63, 3.8) is 0 Å². The molecular formula is C24H26FN3O2. The molecule has 3 aromatic rings. The molecular weight excluding hydrogens is 381 g/mol. The first-order valence-electron chi connectivity index (χ1n) is 9.85. The van der Waals surface area contributed by atoms with E-state index in [1.165, 1.54) is 12.4 Å². The van der Waals surface area contributed by atoms with Crippen LogP contribution in [0.25, 0.3) is 10.9 Å². The Balaban J connectivity index is 1.97. The van der Waals surface area contributed by atoms with Gasteiger partial charge in [-0.15, -0.1) is 6.42 Å². The van der Waals surface area contributed by atoms with Crippen LogP contribution in [-0.4, -0.2) is 23.7 Å². The van der Waals surface area contributed by atoms with Crippen molar-refractivity contribution in [2.45, 2.75) is 33.6 Å². The van der Waals surface area contributed by atoms with Crippen LogP contribution in [0.5, 0.6) is 11.5 Å². The largest absolute Gasteiger partial charge is 0.493 e. The van der Waals surface area contributed by atoms with Crippen molar-refractivity contribution >= 4 is 22.4 Å². The second kappa shape index (κ2) is 9.00. The van der Waals surface area contributed by atoms with Crippen LogP contribution in [0.15, 0.2) is 36.7 Å². The predicted octanol–water partition coefficient (Wildman–Crippen LogP) is 5.71. The van der Waals surface area contributed by atoms with Crippen molar-refractivity contribution in [2.24, 2.45) is 5.41 Å². The summed E-state index contributed by atoms with van der Waals surface area (Å²) in [4.78, 5) is 8.69. The van der Waals surface area contributed by atoms with Crippen molar-refractivity contribution in [3.8, 4) is 23.8 Å². The highest BCUT2D eigenvalue weighted by Gasteiger charge is 2.20. The van der Waals surface area contributed by atoms with Crippen molar-refractivity contribution in [2.75, 3.05) is 19.0 Å². The van der Waals surface area contributed by atoms with Gasteiger partial charge in [0.1, 0.15) is 18.0 Å². The van der Waals surface area contributed by atoms with Gasteiger partial charge in [-0.05, 0) is 36.1 Å². The first-order valence-corrected chi connectivity index (χ1v) is 9.85. The Morgan fingerprint density at radius 3 is 2.67 bits per heavy atom. The van der Waals surface area contributed by atoms with Crippen molar-refractivity contribution in [1.82, 2.24) is 9.97 Å². The van der Waals surface area contributed by atoms with Crippen LogP contribution in [0, 0.1) is 23.6 Å². The van der Waals surface area contributed by atoms with Gasteiger partial charge in [0.25, 0.3) is 0 Å². The number of fused-ring (bicyclic) bond motifs is 1. The fraction of sp³-hybridized carbons (Fsp3) is 0.333. The number of benzene rings is 2. The molecule has 30 heavy (non-hydrogen) atoms. The molecule has 1 aromatic heterocycles. The van der Waals surface area contributed by atoms with Gasteiger partial charge < -0.3 is 14.8 Å². The third-order valence-corrected chi connectivity index (χ3v) is 4.85. The van der Waals surface area contributed by atoms with Crippen molar-refractivity contribution < 1.29 is 13.9 Å². The highest BCUT2D eigenvalue weighted by molar-refractivity contribution is 5.93. The lowest BCUT2D eigenvalue weighted by Crippen LogP contribution is -2.21. The van der Waals surface area contributed by atoms with E-state index in [2.05, 4.69) is 42.0 Å². The summed E-state index contributed by atoms with van der Waals surface area (Å²) in [7, 11) is 1.60. The quantitative estimate of drug-likeness (QED) is 0.485. The van der Waals surface area contributed by atoms with E-state index in [9.17, 15) is 4.39 Å². The van der Waals surface area contributed by atoms with Gasteiger partial charge in [0, 0.05) is 17.1 Å². The number of halogens is 1. The van der Waals surface area contributed by atoms with Gasteiger partial charge in [0.15, 0.2) is 11.5 Å². The Kier molecular flexibility index (Phi) is 6.41. The van der Waals surface area contributed by atoms with E-state index in [-0.39, 0.29) is 11.0 Å². The molecule has 0 saturated heterocycles. The lowest BCUT2D eigenvalue weighted by Gasteiger charge is -2.24. The number of nitrogens with zero attached hydrogens (tertiary/aromatic N) is 2. The fourth-order valence-corrected chi connectivity index (χ4v) is 3.31. The molecule has 3 rings (SSSR count). The van der Waals surface area contributed by atoms with Gasteiger partial charge in [-0.1, -0.05) is 33.1 Å². The number of ether oxygens (including phenoxy) is 2. The van der Waals surface area contributed by atoms with E-state index in [1.54, 1.807) is 19.2 Å². The average molecular weight is 407 g/mol. The number of hydrogen-bond donors (Lipinski definition) is 1. The first-order chi connectivity index (χ1) is 14.4. The zero-order valence-corrected chi connectivity index (χ0v) is 17.8. The molecule has 0 atom stereocenters. The standard InChI is InChI=1S/C24H26FN3O2/c1-6-10-24(3,4)14-30-22-12-18-20(13-21(22)29-5)26-15-27-23(18)28-17-8-9-19(25)16(7-2)11-17/h2,8-9,11-13,15H,6,10,14H2,1,3-5H3,(H,26,27,28). The van der Waals surface area contributed by atoms with E-state index >= 15 is 0 Å². The maximum atomic E-state index is 13.7. The second-order valence-corrected chi connectivity index (χ2v) is 7.91. The average Bonchev–Trinajstić information content (AvgIpc) is 2.73. The number of nitrogens with one attached hydrogen (secondary N) is 1. The summed E-state index contributed by atoms with van der Waals surface area (Å²) in [5, 5.41) is 3.95. The molecule has 0 amide bonds. The van der Waals surface area contributed by atoms with E-state index < -0.39 is 5.82 Å². The summed E-state index contributed by atoms with van der Waals surface area (Å²) < 4.78 is 25.3. The molecule has 0 aliphatic heterocycles. The van der Waals surface area contributed by atoms with E-state index in [0.29, 0.717) is 35.1 Å². The van der Waals surface area contributed by atoms with Crippen LogP contribution in [0.2, 0.25) is 0 Å². The Morgan fingerprint density at radius 1 is 1.17 bits per heavy atom. The lowest BCUT2D eigenvalue weighted by molar-refractivity contribution is 0.164. The molecule has 0 aliphatic carbocycles. The molecule has 0 bridgehead atoms. The van der Waals surface area contributed by atoms with Gasteiger partial charge in [-0.25, -0.2) is 14.4 Å². The molecule has 0 aliphatic rings. The Hall–Kier alpha value is -3.33. The third kappa shape index (κ3) is 4.80.